The van der Waals surface area contributed by atoms with E-state index in [4.69, 9.17) is 8.94 Å². The van der Waals surface area contributed by atoms with Gasteiger partial charge in [-0.1, -0.05) is 32.8 Å². The van der Waals surface area contributed by atoms with E-state index in [1.54, 1.807) is 36.4 Å². The molecule has 4 rings (SSSR count). The molecule has 3 aromatic heterocycles. The Labute approximate surface area is 156 Å². The molecular formula is C17H13BrN4O2S. The van der Waals surface area contributed by atoms with Crippen molar-refractivity contribution in [1.82, 2.24) is 19.7 Å². The number of nitrogens with zero attached hydrogens (tertiary/aromatic N) is 4. The van der Waals surface area contributed by atoms with Crippen LogP contribution in [0.4, 0.5) is 0 Å². The summed E-state index contributed by atoms with van der Waals surface area (Å²) < 4.78 is 13.7. The molecule has 0 bridgehead atoms. The summed E-state index contributed by atoms with van der Waals surface area (Å²) in [6.07, 6.45) is 5.29. The third kappa shape index (κ3) is 3.40. The largest absolute Gasteiger partial charge is 0.461 e. The maximum Gasteiger partial charge on any atom is 0.240 e. The molecular weight excluding hydrogens is 404 g/mol. The predicted molar refractivity (Wildman–Crippen MR) is 97.5 cm³/mol. The van der Waals surface area contributed by atoms with E-state index in [0.29, 0.717) is 17.5 Å². The topological polar surface area (TPSA) is 69.9 Å². The summed E-state index contributed by atoms with van der Waals surface area (Å²) in [4.78, 5) is 8.85. The van der Waals surface area contributed by atoms with Gasteiger partial charge in [0.05, 0.1) is 11.5 Å². The molecule has 0 spiro atoms. The van der Waals surface area contributed by atoms with Crippen LogP contribution in [0.2, 0.25) is 0 Å². The molecule has 0 aliphatic rings. The predicted octanol–water partition coefficient (Wildman–Crippen LogP) is 5.13. The molecule has 1 aromatic carbocycles. The molecule has 0 aliphatic carbocycles. The maximum absolute atomic E-state index is 5.38. The van der Waals surface area contributed by atoms with Gasteiger partial charge in [0.2, 0.25) is 11.7 Å². The molecule has 0 N–H and O–H groups in total. The van der Waals surface area contributed by atoms with E-state index in [9.17, 15) is 0 Å². The first-order chi connectivity index (χ1) is 12.2. The number of hydrogen-bond acceptors (Lipinski definition) is 6. The minimum Gasteiger partial charge on any atom is -0.461 e. The lowest BCUT2D eigenvalue weighted by Gasteiger charge is -2.09. The first-order valence-electron chi connectivity index (χ1n) is 7.54. The van der Waals surface area contributed by atoms with Crippen LogP contribution in [-0.4, -0.2) is 19.7 Å². The minimum atomic E-state index is -0.0483. The van der Waals surface area contributed by atoms with Crippen LogP contribution in [0.3, 0.4) is 0 Å². The third-order valence-corrected chi connectivity index (χ3v) is 5.12. The van der Waals surface area contributed by atoms with E-state index >= 15 is 0 Å². The molecule has 6 nitrogen and oxygen atoms in total. The minimum absolute atomic E-state index is 0.0483. The second kappa shape index (κ2) is 6.89. The standard InChI is InChI=1S/C17H13BrN4O2S/c1-11(16-20-15(21-24-16)14-3-2-10-23-14)25-17-19-8-9-22(17)13-6-4-12(18)5-7-13/h2-11H,1H3/t11-/m1/s1. The molecule has 0 aliphatic heterocycles. The fourth-order valence-electron chi connectivity index (χ4n) is 2.29. The molecule has 0 saturated heterocycles. The van der Waals surface area contributed by atoms with E-state index in [1.807, 2.05) is 42.0 Å². The van der Waals surface area contributed by atoms with Gasteiger partial charge in [-0.3, -0.25) is 4.57 Å². The lowest BCUT2D eigenvalue weighted by atomic mass is 10.3. The van der Waals surface area contributed by atoms with Crippen LogP contribution in [0.5, 0.6) is 0 Å². The molecule has 8 heteroatoms. The zero-order valence-electron chi connectivity index (χ0n) is 13.2. The lowest BCUT2D eigenvalue weighted by molar-refractivity contribution is 0.379. The molecule has 3 heterocycles. The molecule has 126 valence electrons. The summed E-state index contributed by atoms with van der Waals surface area (Å²) in [6, 6.07) is 11.7. The van der Waals surface area contributed by atoms with Crippen LogP contribution >= 0.6 is 27.7 Å². The van der Waals surface area contributed by atoms with Crippen molar-refractivity contribution in [2.45, 2.75) is 17.3 Å². The fourth-order valence-corrected chi connectivity index (χ4v) is 3.47. The highest BCUT2D eigenvalue weighted by Crippen LogP contribution is 2.35. The van der Waals surface area contributed by atoms with Crippen LogP contribution in [0.15, 0.2) is 73.6 Å². The molecule has 0 saturated carbocycles. The maximum atomic E-state index is 5.38. The van der Waals surface area contributed by atoms with Crippen LogP contribution < -0.4 is 0 Å². The van der Waals surface area contributed by atoms with Crippen LogP contribution in [0, 0.1) is 0 Å². The Morgan fingerprint density at radius 1 is 1.20 bits per heavy atom. The van der Waals surface area contributed by atoms with Gasteiger partial charge in [-0.05, 0) is 43.3 Å². The smallest absolute Gasteiger partial charge is 0.240 e. The van der Waals surface area contributed by atoms with Crippen molar-refractivity contribution >= 4 is 27.7 Å². The van der Waals surface area contributed by atoms with E-state index in [-0.39, 0.29) is 5.25 Å². The first kappa shape index (κ1) is 16.2. The van der Waals surface area contributed by atoms with Crippen molar-refractivity contribution in [2.24, 2.45) is 0 Å². The molecule has 25 heavy (non-hydrogen) atoms. The Bertz CT molecular complexity index is 963. The molecule has 0 radical (unpaired) electrons. The van der Waals surface area contributed by atoms with Crippen LogP contribution in [-0.2, 0) is 0 Å². The summed E-state index contributed by atoms with van der Waals surface area (Å²) >= 11 is 5.00. The van der Waals surface area contributed by atoms with Gasteiger partial charge in [-0.2, -0.15) is 4.98 Å². The number of benzene rings is 1. The average Bonchev–Trinajstić information content (AvgIpc) is 3.36. The summed E-state index contributed by atoms with van der Waals surface area (Å²) in [5.41, 5.74) is 1.04. The van der Waals surface area contributed by atoms with Crippen molar-refractivity contribution in [1.29, 1.82) is 0 Å². The monoisotopic (exact) mass is 416 g/mol. The zero-order chi connectivity index (χ0) is 17.2. The van der Waals surface area contributed by atoms with Crippen molar-refractivity contribution < 1.29 is 8.94 Å². The summed E-state index contributed by atoms with van der Waals surface area (Å²) in [7, 11) is 0. The summed E-state index contributed by atoms with van der Waals surface area (Å²) in [5, 5.41) is 4.78. The van der Waals surface area contributed by atoms with Crippen LogP contribution in [0.1, 0.15) is 18.1 Å². The number of aromatic nitrogens is 4. The van der Waals surface area contributed by atoms with E-state index in [1.165, 1.54) is 0 Å². The van der Waals surface area contributed by atoms with Gasteiger partial charge in [0, 0.05) is 22.6 Å². The van der Waals surface area contributed by atoms with Crippen molar-refractivity contribution in [2.75, 3.05) is 0 Å². The molecule has 0 amide bonds. The van der Waals surface area contributed by atoms with Gasteiger partial charge >= 0.3 is 0 Å². The Morgan fingerprint density at radius 3 is 2.80 bits per heavy atom. The summed E-state index contributed by atoms with van der Waals surface area (Å²) in [5.74, 6) is 1.56. The number of furan rings is 1. The van der Waals surface area contributed by atoms with Crippen molar-refractivity contribution in [3.63, 3.8) is 0 Å². The lowest BCUT2D eigenvalue weighted by Crippen LogP contribution is -1.97. The quantitative estimate of drug-likeness (QED) is 0.419. The third-order valence-electron chi connectivity index (χ3n) is 3.52. The highest BCUT2D eigenvalue weighted by molar-refractivity contribution is 9.10. The number of halogens is 1. The second-order valence-corrected chi connectivity index (χ2v) is 7.47. The second-order valence-electron chi connectivity index (χ2n) is 5.25. The van der Waals surface area contributed by atoms with Crippen LogP contribution in [0.25, 0.3) is 17.3 Å². The Balaban J connectivity index is 1.55. The van der Waals surface area contributed by atoms with Gasteiger partial charge in [0.25, 0.3) is 0 Å². The Hall–Kier alpha value is -2.32. The van der Waals surface area contributed by atoms with Gasteiger partial charge in [-0.15, -0.1) is 0 Å². The molecule has 4 aromatic rings. The SMILES string of the molecule is C[C@@H](Sc1nccn1-c1ccc(Br)cc1)c1nc(-c2ccco2)no1. The molecule has 1 atom stereocenters. The van der Waals surface area contributed by atoms with Gasteiger partial charge in [-0.25, -0.2) is 4.98 Å². The average molecular weight is 417 g/mol. The van der Waals surface area contributed by atoms with E-state index in [0.717, 1.165) is 15.3 Å². The van der Waals surface area contributed by atoms with Crippen molar-refractivity contribution in [3.8, 4) is 17.3 Å². The Morgan fingerprint density at radius 2 is 2.04 bits per heavy atom. The van der Waals surface area contributed by atoms with Gasteiger partial charge < -0.3 is 8.94 Å². The fraction of sp³-hybridized carbons (Fsp3) is 0.118. The number of hydrogen-bond donors (Lipinski definition) is 0. The van der Waals surface area contributed by atoms with E-state index in [2.05, 4.69) is 31.1 Å². The number of rotatable bonds is 5. The molecule has 0 unspecified atom stereocenters. The van der Waals surface area contributed by atoms with Gasteiger partial charge in [0.1, 0.15) is 0 Å². The molecule has 0 fully saturated rings. The van der Waals surface area contributed by atoms with Gasteiger partial charge in [0.15, 0.2) is 10.9 Å². The Kier molecular flexibility index (Phi) is 4.46. The highest BCUT2D eigenvalue weighted by Gasteiger charge is 2.20. The van der Waals surface area contributed by atoms with E-state index < -0.39 is 0 Å². The van der Waals surface area contributed by atoms with Crippen molar-refractivity contribution in [3.05, 3.63) is 65.4 Å². The zero-order valence-corrected chi connectivity index (χ0v) is 15.6. The summed E-state index contributed by atoms with van der Waals surface area (Å²) in [6.45, 7) is 2.00. The number of imidazole rings is 1. The highest BCUT2D eigenvalue weighted by atomic mass is 79.9. The first-order valence-corrected chi connectivity index (χ1v) is 9.21. The normalized spacial score (nSPS) is 12.4. The number of thioether (sulfide) groups is 1.